The molecule has 0 radical (unpaired) electrons. The van der Waals surface area contributed by atoms with Crippen molar-refractivity contribution in [2.75, 3.05) is 0 Å². The van der Waals surface area contributed by atoms with Crippen LogP contribution in [0.4, 0.5) is 0 Å². The lowest BCUT2D eigenvalue weighted by molar-refractivity contribution is 0.329. The van der Waals surface area contributed by atoms with Crippen molar-refractivity contribution in [3.63, 3.8) is 0 Å². The Morgan fingerprint density at radius 3 is 2.78 bits per heavy atom. The minimum absolute atomic E-state index is 0.0487. The summed E-state index contributed by atoms with van der Waals surface area (Å²) in [5.74, 6) is 0. The molecule has 0 saturated carbocycles. The van der Waals surface area contributed by atoms with Crippen LogP contribution >= 0.6 is 11.3 Å². The Labute approximate surface area is 112 Å². The van der Waals surface area contributed by atoms with Crippen LogP contribution in [0.25, 0.3) is 0 Å². The SMILES string of the molecule is CCC1CCC(C)N1S(=O)(=O)c1ccc(C#N)s1. The molecule has 1 saturated heterocycles. The van der Waals surface area contributed by atoms with Crippen LogP contribution in [0.5, 0.6) is 0 Å². The van der Waals surface area contributed by atoms with E-state index in [4.69, 9.17) is 5.26 Å². The van der Waals surface area contributed by atoms with Crippen LogP contribution in [-0.2, 0) is 10.0 Å². The standard InChI is InChI=1S/C12H16N2O2S2/c1-3-10-5-4-9(2)14(10)18(15,16)12-7-6-11(8-13)17-12/h6-7,9-10H,3-5H2,1-2H3. The largest absolute Gasteiger partial charge is 0.253 e. The first kappa shape index (κ1) is 13.5. The molecular formula is C12H16N2O2S2. The van der Waals surface area contributed by atoms with Gasteiger partial charge in [-0.1, -0.05) is 6.92 Å². The van der Waals surface area contributed by atoms with Crippen molar-refractivity contribution in [1.82, 2.24) is 4.31 Å². The van der Waals surface area contributed by atoms with Gasteiger partial charge in [0.1, 0.15) is 15.2 Å². The molecule has 0 aromatic carbocycles. The molecule has 2 unspecified atom stereocenters. The normalized spacial score (nSPS) is 25.2. The first-order valence-electron chi connectivity index (χ1n) is 6.04. The van der Waals surface area contributed by atoms with Gasteiger partial charge in [-0.05, 0) is 38.3 Å². The Hall–Kier alpha value is -0.900. The second-order valence-electron chi connectivity index (χ2n) is 4.55. The molecule has 1 aromatic heterocycles. The van der Waals surface area contributed by atoms with Gasteiger partial charge >= 0.3 is 0 Å². The molecule has 18 heavy (non-hydrogen) atoms. The predicted molar refractivity (Wildman–Crippen MR) is 70.8 cm³/mol. The van der Waals surface area contributed by atoms with Crippen molar-refractivity contribution >= 4 is 21.4 Å². The molecule has 0 amide bonds. The lowest BCUT2D eigenvalue weighted by Gasteiger charge is -2.26. The van der Waals surface area contributed by atoms with Gasteiger partial charge in [-0.25, -0.2) is 8.42 Å². The molecule has 1 aliphatic heterocycles. The average molecular weight is 284 g/mol. The highest BCUT2D eigenvalue weighted by Gasteiger charge is 2.39. The summed E-state index contributed by atoms with van der Waals surface area (Å²) in [4.78, 5) is 0.438. The van der Waals surface area contributed by atoms with E-state index in [0.29, 0.717) is 4.88 Å². The molecule has 0 N–H and O–H groups in total. The van der Waals surface area contributed by atoms with E-state index in [2.05, 4.69) is 0 Å². The Balaban J connectivity index is 2.39. The van der Waals surface area contributed by atoms with Gasteiger partial charge in [-0.3, -0.25) is 0 Å². The van der Waals surface area contributed by atoms with E-state index in [9.17, 15) is 8.42 Å². The molecule has 0 spiro atoms. The lowest BCUT2D eigenvalue weighted by Crippen LogP contribution is -2.39. The van der Waals surface area contributed by atoms with Crippen LogP contribution < -0.4 is 0 Å². The van der Waals surface area contributed by atoms with Crippen molar-refractivity contribution in [3.8, 4) is 6.07 Å². The predicted octanol–water partition coefficient (Wildman–Crippen LogP) is 2.57. The number of hydrogen-bond acceptors (Lipinski definition) is 4. The Morgan fingerprint density at radius 2 is 2.22 bits per heavy atom. The third-order valence-corrected chi connectivity index (χ3v) is 6.93. The fourth-order valence-electron chi connectivity index (χ4n) is 2.49. The fourth-order valence-corrected chi connectivity index (χ4v) is 5.65. The Morgan fingerprint density at radius 1 is 1.50 bits per heavy atom. The summed E-state index contributed by atoms with van der Waals surface area (Å²) in [6.07, 6.45) is 2.67. The summed E-state index contributed by atoms with van der Waals surface area (Å²) in [5.41, 5.74) is 0. The van der Waals surface area contributed by atoms with Gasteiger partial charge in [0.25, 0.3) is 10.0 Å². The van der Waals surface area contributed by atoms with Crippen molar-refractivity contribution in [1.29, 1.82) is 5.26 Å². The molecule has 2 atom stereocenters. The zero-order chi connectivity index (χ0) is 13.3. The first-order chi connectivity index (χ1) is 8.50. The van der Waals surface area contributed by atoms with Gasteiger partial charge in [0.15, 0.2) is 0 Å². The molecule has 4 nitrogen and oxygen atoms in total. The van der Waals surface area contributed by atoms with Crippen molar-refractivity contribution in [3.05, 3.63) is 17.0 Å². The van der Waals surface area contributed by atoms with E-state index in [0.717, 1.165) is 30.6 Å². The third-order valence-electron chi connectivity index (χ3n) is 3.41. The van der Waals surface area contributed by atoms with Crippen LogP contribution in [0, 0.1) is 11.3 Å². The second kappa shape index (κ2) is 5.00. The van der Waals surface area contributed by atoms with Crippen molar-refractivity contribution < 1.29 is 8.42 Å². The molecular weight excluding hydrogens is 268 g/mol. The highest BCUT2D eigenvalue weighted by molar-refractivity contribution is 7.91. The minimum atomic E-state index is -3.44. The van der Waals surface area contributed by atoms with Gasteiger partial charge in [-0.15, -0.1) is 11.3 Å². The summed E-state index contributed by atoms with van der Waals surface area (Å²) >= 11 is 1.05. The maximum absolute atomic E-state index is 12.6. The Bertz CT molecular complexity index is 571. The van der Waals surface area contributed by atoms with Crippen LogP contribution in [-0.4, -0.2) is 24.8 Å². The summed E-state index contributed by atoms with van der Waals surface area (Å²) in [5, 5.41) is 8.78. The smallest absolute Gasteiger partial charge is 0.206 e. The zero-order valence-electron chi connectivity index (χ0n) is 10.5. The summed E-state index contributed by atoms with van der Waals surface area (Å²) in [6, 6.07) is 5.23. The molecule has 2 heterocycles. The summed E-state index contributed by atoms with van der Waals surface area (Å²) in [7, 11) is -3.44. The number of nitrogens with zero attached hydrogens (tertiary/aromatic N) is 2. The molecule has 6 heteroatoms. The third kappa shape index (κ3) is 2.18. The maximum Gasteiger partial charge on any atom is 0.253 e. The maximum atomic E-state index is 12.6. The van der Waals surface area contributed by atoms with Gasteiger partial charge in [0.05, 0.1) is 0 Å². The highest BCUT2D eigenvalue weighted by atomic mass is 32.2. The van der Waals surface area contributed by atoms with Crippen molar-refractivity contribution in [2.45, 2.75) is 49.4 Å². The number of rotatable bonds is 3. The highest BCUT2D eigenvalue weighted by Crippen LogP contribution is 2.34. The molecule has 0 aliphatic carbocycles. The Kier molecular flexibility index (Phi) is 3.76. The number of thiophene rings is 1. The van der Waals surface area contributed by atoms with Crippen LogP contribution in [0.2, 0.25) is 0 Å². The molecule has 1 aliphatic rings. The molecule has 2 rings (SSSR count). The quantitative estimate of drug-likeness (QED) is 0.857. The van der Waals surface area contributed by atoms with Crippen LogP contribution in [0.1, 0.15) is 38.0 Å². The molecule has 0 bridgehead atoms. The molecule has 1 fully saturated rings. The summed E-state index contributed by atoms with van der Waals surface area (Å²) in [6.45, 7) is 3.96. The van der Waals surface area contributed by atoms with E-state index in [1.165, 1.54) is 6.07 Å². The summed E-state index contributed by atoms with van der Waals surface area (Å²) < 4.78 is 27.0. The lowest BCUT2D eigenvalue weighted by atomic mass is 10.2. The van der Waals surface area contributed by atoms with Crippen LogP contribution in [0.15, 0.2) is 16.3 Å². The second-order valence-corrected chi connectivity index (χ2v) is 7.71. The van der Waals surface area contributed by atoms with E-state index < -0.39 is 10.0 Å². The zero-order valence-corrected chi connectivity index (χ0v) is 12.1. The van der Waals surface area contributed by atoms with E-state index in [-0.39, 0.29) is 16.3 Å². The van der Waals surface area contributed by atoms with Gasteiger partial charge < -0.3 is 0 Å². The van der Waals surface area contributed by atoms with E-state index in [1.54, 1.807) is 10.4 Å². The van der Waals surface area contributed by atoms with Gasteiger partial charge in [-0.2, -0.15) is 9.57 Å². The van der Waals surface area contributed by atoms with Crippen molar-refractivity contribution in [2.24, 2.45) is 0 Å². The number of hydrogen-bond donors (Lipinski definition) is 0. The average Bonchev–Trinajstić information content (AvgIpc) is 2.95. The topological polar surface area (TPSA) is 61.2 Å². The molecule has 1 aromatic rings. The monoisotopic (exact) mass is 284 g/mol. The van der Waals surface area contributed by atoms with E-state index in [1.807, 2.05) is 19.9 Å². The molecule has 98 valence electrons. The van der Waals surface area contributed by atoms with E-state index >= 15 is 0 Å². The number of sulfonamides is 1. The minimum Gasteiger partial charge on any atom is -0.206 e. The van der Waals surface area contributed by atoms with Gasteiger partial charge in [0, 0.05) is 12.1 Å². The van der Waals surface area contributed by atoms with Gasteiger partial charge in [0.2, 0.25) is 0 Å². The van der Waals surface area contributed by atoms with Crippen LogP contribution in [0.3, 0.4) is 0 Å². The number of nitriles is 1. The fraction of sp³-hybridized carbons (Fsp3) is 0.583. The first-order valence-corrected chi connectivity index (χ1v) is 8.29.